The molecule has 33 heavy (non-hydrogen) atoms. The van der Waals surface area contributed by atoms with Crippen molar-refractivity contribution in [3.8, 4) is 0 Å². The minimum atomic E-state index is -0.808. The van der Waals surface area contributed by atoms with Gasteiger partial charge in [0.05, 0.1) is 18.6 Å². The van der Waals surface area contributed by atoms with Crippen molar-refractivity contribution in [1.29, 1.82) is 0 Å². The number of ether oxygens (including phenoxy) is 3. The van der Waals surface area contributed by atoms with Crippen molar-refractivity contribution in [2.45, 2.75) is 64.5 Å². The fraction of sp³-hybridized carbons (Fsp3) is 0.407. The molecule has 0 aliphatic carbocycles. The van der Waals surface area contributed by atoms with Gasteiger partial charge < -0.3 is 14.2 Å². The topological polar surface area (TPSA) is 65.1 Å². The van der Waals surface area contributed by atoms with Crippen molar-refractivity contribution in [1.82, 2.24) is 4.90 Å². The number of hydrogen-bond donors (Lipinski definition) is 0. The maximum Gasteiger partial charge on any atom is 0.412 e. The molecule has 0 saturated carbocycles. The number of benzene rings is 2. The van der Waals surface area contributed by atoms with E-state index in [0.717, 1.165) is 16.7 Å². The van der Waals surface area contributed by atoms with Crippen LogP contribution in [0.25, 0.3) is 0 Å². The number of esters is 1. The lowest BCUT2D eigenvalue weighted by atomic mass is 9.96. The molecule has 0 bridgehead atoms. The summed E-state index contributed by atoms with van der Waals surface area (Å²) in [5.41, 5.74) is 1.21. The normalized spacial score (nSPS) is 18.5. The summed E-state index contributed by atoms with van der Waals surface area (Å²) >= 11 is 0. The van der Waals surface area contributed by atoms with Crippen molar-refractivity contribution in [2.75, 3.05) is 6.61 Å². The molecule has 0 spiro atoms. The van der Waals surface area contributed by atoms with Crippen LogP contribution in [0.3, 0.4) is 0 Å². The monoisotopic (exact) mass is 451 g/mol. The fourth-order valence-corrected chi connectivity index (χ4v) is 3.84. The van der Waals surface area contributed by atoms with E-state index in [4.69, 9.17) is 14.2 Å². The smallest absolute Gasteiger partial charge is 0.412 e. The van der Waals surface area contributed by atoms with E-state index >= 15 is 0 Å². The minimum absolute atomic E-state index is 0.189. The third-order valence-electron chi connectivity index (χ3n) is 5.46. The Labute approximate surface area is 196 Å². The van der Waals surface area contributed by atoms with Gasteiger partial charge in [0.25, 0.3) is 0 Å². The molecule has 1 aliphatic heterocycles. The van der Waals surface area contributed by atoms with E-state index in [1.54, 1.807) is 11.0 Å². The Bertz CT molecular complexity index is 976. The van der Waals surface area contributed by atoms with E-state index in [9.17, 15) is 9.59 Å². The summed E-state index contributed by atoms with van der Waals surface area (Å²) in [6.07, 6.45) is 1.14. The largest absolute Gasteiger partial charge is 0.459 e. The standard InChI is InChI=1S/C27H33NO5/c1-7-22(24(29)33-26(2,3)4)20-13-15-21(16-14-20)23-18-32-27(5,6)28(23)25(30)31-17-19-11-9-8-10-12-19/h7-16,22-23H,1,17-18H2,2-6H3. The van der Waals surface area contributed by atoms with Gasteiger partial charge in [-0.1, -0.05) is 60.7 Å². The highest BCUT2D eigenvalue weighted by atomic mass is 16.6. The maximum absolute atomic E-state index is 13.0. The van der Waals surface area contributed by atoms with Crippen LogP contribution >= 0.6 is 0 Å². The first-order valence-corrected chi connectivity index (χ1v) is 11.1. The maximum atomic E-state index is 13.0. The third kappa shape index (κ3) is 6.02. The SMILES string of the molecule is C=CC(C(=O)OC(C)(C)C)c1ccc(C2COC(C)(C)N2C(=O)OCc2ccccc2)cc1. The second kappa shape index (κ2) is 9.79. The number of carbonyl (C=O) groups is 2. The van der Waals surface area contributed by atoms with Gasteiger partial charge in [-0.25, -0.2) is 4.79 Å². The predicted octanol–water partition coefficient (Wildman–Crippen LogP) is 5.74. The first kappa shape index (κ1) is 24.5. The van der Waals surface area contributed by atoms with Gasteiger partial charge in [0.1, 0.15) is 17.9 Å². The van der Waals surface area contributed by atoms with Crippen LogP contribution < -0.4 is 0 Å². The van der Waals surface area contributed by atoms with Crippen LogP contribution in [0.2, 0.25) is 0 Å². The number of hydrogen-bond acceptors (Lipinski definition) is 5. The first-order valence-electron chi connectivity index (χ1n) is 11.1. The van der Waals surface area contributed by atoms with Crippen LogP contribution in [0.5, 0.6) is 0 Å². The molecule has 6 heteroatoms. The summed E-state index contributed by atoms with van der Waals surface area (Å²) in [7, 11) is 0. The molecule has 1 heterocycles. The second-order valence-corrected chi connectivity index (χ2v) is 9.60. The Morgan fingerprint density at radius 3 is 2.36 bits per heavy atom. The molecule has 0 radical (unpaired) electrons. The van der Waals surface area contributed by atoms with Gasteiger partial charge in [0.15, 0.2) is 0 Å². The molecule has 0 aromatic heterocycles. The zero-order valence-electron chi connectivity index (χ0n) is 20.0. The molecule has 6 nitrogen and oxygen atoms in total. The summed E-state index contributed by atoms with van der Waals surface area (Å²) in [6, 6.07) is 16.8. The molecule has 2 aromatic rings. The van der Waals surface area contributed by atoms with Crippen LogP contribution in [0.15, 0.2) is 67.3 Å². The van der Waals surface area contributed by atoms with Gasteiger partial charge in [-0.05, 0) is 51.3 Å². The lowest BCUT2D eigenvalue weighted by Crippen LogP contribution is -2.45. The zero-order valence-corrected chi connectivity index (χ0v) is 20.0. The molecule has 1 aliphatic rings. The Balaban J connectivity index is 1.76. The van der Waals surface area contributed by atoms with Crippen molar-refractivity contribution >= 4 is 12.1 Å². The number of carbonyl (C=O) groups excluding carboxylic acids is 2. The van der Waals surface area contributed by atoms with E-state index in [-0.39, 0.29) is 18.6 Å². The van der Waals surface area contributed by atoms with E-state index in [0.29, 0.717) is 6.61 Å². The van der Waals surface area contributed by atoms with Crippen molar-refractivity contribution in [3.05, 3.63) is 83.9 Å². The molecular weight excluding hydrogens is 418 g/mol. The predicted molar refractivity (Wildman–Crippen MR) is 126 cm³/mol. The highest BCUT2D eigenvalue weighted by Gasteiger charge is 2.45. The van der Waals surface area contributed by atoms with Crippen LogP contribution in [0, 0.1) is 0 Å². The van der Waals surface area contributed by atoms with Gasteiger partial charge in [0, 0.05) is 0 Å². The van der Waals surface area contributed by atoms with E-state index in [2.05, 4.69) is 6.58 Å². The van der Waals surface area contributed by atoms with Crippen LogP contribution in [0.4, 0.5) is 4.79 Å². The molecule has 176 valence electrons. The Morgan fingerprint density at radius 2 is 1.79 bits per heavy atom. The average Bonchev–Trinajstić information content (AvgIpc) is 3.07. The molecule has 0 N–H and O–H groups in total. The van der Waals surface area contributed by atoms with Crippen LogP contribution in [0.1, 0.15) is 63.3 Å². The number of nitrogens with zero attached hydrogens (tertiary/aromatic N) is 1. The van der Waals surface area contributed by atoms with E-state index < -0.39 is 23.3 Å². The molecule has 2 aromatic carbocycles. The average molecular weight is 452 g/mol. The van der Waals surface area contributed by atoms with Crippen LogP contribution in [-0.4, -0.2) is 34.9 Å². The van der Waals surface area contributed by atoms with Crippen molar-refractivity contribution in [3.63, 3.8) is 0 Å². The Kier molecular flexibility index (Phi) is 7.28. The summed E-state index contributed by atoms with van der Waals surface area (Å²) in [5, 5.41) is 0. The summed E-state index contributed by atoms with van der Waals surface area (Å²) in [5.74, 6) is -0.914. The molecule has 2 atom stereocenters. The van der Waals surface area contributed by atoms with Gasteiger partial charge in [-0.3, -0.25) is 9.69 Å². The highest BCUT2D eigenvalue weighted by molar-refractivity contribution is 5.80. The van der Waals surface area contributed by atoms with Gasteiger partial charge >= 0.3 is 12.1 Å². The molecular formula is C27H33NO5. The Morgan fingerprint density at radius 1 is 1.15 bits per heavy atom. The van der Waals surface area contributed by atoms with E-state index in [1.165, 1.54) is 0 Å². The fourth-order valence-electron chi connectivity index (χ4n) is 3.84. The molecule has 3 rings (SSSR count). The highest BCUT2D eigenvalue weighted by Crippen LogP contribution is 2.38. The minimum Gasteiger partial charge on any atom is -0.459 e. The summed E-state index contributed by atoms with van der Waals surface area (Å²) in [4.78, 5) is 27.2. The Hall–Kier alpha value is -3.12. The number of rotatable bonds is 6. The number of amides is 1. The van der Waals surface area contributed by atoms with Gasteiger partial charge in [-0.15, -0.1) is 6.58 Å². The molecule has 1 amide bonds. The quantitative estimate of drug-likeness (QED) is 0.414. The van der Waals surface area contributed by atoms with Crippen molar-refractivity contribution < 1.29 is 23.8 Å². The lowest BCUT2D eigenvalue weighted by molar-refractivity contribution is -0.155. The molecule has 1 fully saturated rings. The third-order valence-corrected chi connectivity index (χ3v) is 5.46. The van der Waals surface area contributed by atoms with E-state index in [1.807, 2.05) is 89.2 Å². The van der Waals surface area contributed by atoms with Crippen molar-refractivity contribution in [2.24, 2.45) is 0 Å². The molecule has 2 unspecified atom stereocenters. The lowest BCUT2D eigenvalue weighted by Gasteiger charge is -2.33. The zero-order chi connectivity index (χ0) is 24.2. The summed E-state index contributed by atoms with van der Waals surface area (Å²) < 4.78 is 17.0. The molecule has 1 saturated heterocycles. The second-order valence-electron chi connectivity index (χ2n) is 9.60. The van der Waals surface area contributed by atoms with Gasteiger partial charge in [-0.2, -0.15) is 0 Å². The first-order chi connectivity index (χ1) is 15.5. The van der Waals surface area contributed by atoms with Crippen LogP contribution in [-0.2, 0) is 25.6 Å². The van der Waals surface area contributed by atoms with Gasteiger partial charge in [0.2, 0.25) is 0 Å². The summed E-state index contributed by atoms with van der Waals surface area (Å²) in [6.45, 7) is 13.5.